The molecule has 0 aromatic rings. The van der Waals surface area contributed by atoms with E-state index in [1.165, 1.54) is 0 Å². The van der Waals surface area contributed by atoms with Gasteiger partial charge in [-0.2, -0.15) is 0 Å². The highest BCUT2D eigenvalue weighted by atomic mass is 16.4. The Morgan fingerprint density at radius 3 is 2.58 bits per heavy atom. The van der Waals surface area contributed by atoms with Gasteiger partial charge >= 0.3 is 5.97 Å². The van der Waals surface area contributed by atoms with Crippen LogP contribution in [0.4, 0.5) is 0 Å². The quantitative estimate of drug-likeness (QED) is 0.466. The van der Waals surface area contributed by atoms with E-state index in [1.54, 1.807) is 6.08 Å². The number of carbonyl (C=O) groups excluding carboxylic acids is 1. The van der Waals surface area contributed by atoms with E-state index < -0.39 is 5.97 Å². The average Bonchev–Trinajstić information content (AvgIpc) is 2.05. The monoisotopic (exact) mass is 170 g/mol. The first-order valence-corrected chi connectivity index (χ1v) is 3.98. The van der Waals surface area contributed by atoms with Gasteiger partial charge in [0.15, 0.2) is 0 Å². The third-order valence-corrected chi connectivity index (χ3v) is 1.66. The van der Waals surface area contributed by atoms with Gasteiger partial charge < -0.3 is 9.90 Å². The molecule has 0 aromatic carbocycles. The summed E-state index contributed by atoms with van der Waals surface area (Å²) in [5.74, 6) is -0.973. The minimum Gasteiger partial charge on any atom is -0.481 e. The number of aliphatic carboxylic acids is 1. The third kappa shape index (κ3) is 5.65. The summed E-state index contributed by atoms with van der Waals surface area (Å²) in [6, 6.07) is 0. The molecular formula is C9H14O3. The van der Waals surface area contributed by atoms with Crippen LogP contribution in [0.15, 0.2) is 12.7 Å². The van der Waals surface area contributed by atoms with E-state index in [0.717, 1.165) is 12.7 Å². The molecule has 3 nitrogen and oxygen atoms in total. The van der Waals surface area contributed by atoms with E-state index in [-0.39, 0.29) is 12.3 Å². The summed E-state index contributed by atoms with van der Waals surface area (Å²) in [7, 11) is 0. The van der Waals surface area contributed by atoms with Gasteiger partial charge in [0.1, 0.15) is 6.29 Å². The van der Waals surface area contributed by atoms with Crippen molar-refractivity contribution in [1.29, 1.82) is 0 Å². The van der Waals surface area contributed by atoms with Crippen molar-refractivity contribution in [2.75, 3.05) is 0 Å². The van der Waals surface area contributed by atoms with Crippen molar-refractivity contribution in [3.8, 4) is 0 Å². The van der Waals surface area contributed by atoms with Crippen LogP contribution in [-0.4, -0.2) is 17.4 Å². The molecule has 12 heavy (non-hydrogen) atoms. The van der Waals surface area contributed by atoms with Crippen LogP contribution < -0.4 is 0 Å². The van der Waals surface area contributed by atoms with E-state index in [2.05, 4.69) is 6.58 Å². The maximum atomic E-state index is 10.4. The molecule has 1 atom stereocenters. The molecule has 0 heterocycles. The van der Waals surface area contributed by atoms with Crippen LogP contribution in [0.5, 0.6) is 0 Å². The van der Waals surface area contributed by atoms with Crippen molar-refractivity contribution < 1.29 is 14.7 Å². The molecule has 68 valence electrons. The van der Waals surface area contributed by atoms with Crippen LogP contribution in [0.25, 0.3) is 0 Å². The summed E-state index contributed by atoms with van der Waals surface area (Å²) in [5, 5.41) is 8.35. The number of carbonyl (C=O) groups is 2. The lowest BCUT2D eigenvalue weighted by molar-refractivity contribution is -0.137. The molecule has 1 N–H and O–H groups in total. The summed E-state index contributed by atoms with van der Waals surface area (Å²) >= 11 is 0. The SMILES string of the molecule is C=CCCC(C=O)CCC(=O)O. The average molecular weight is 170 g/mol. The van der Waals surface area contributed by atoms with Crippen LogP contribution in [-0.2, 0) is 9.59 Å². The van der Waals surface area contributed by atoms with Gasteiger partial charge in [0.2, 0.25) is 0 Å². The predicted octanol–water partition coefficient (Wildman–Crippen LogP) is 1.63. The predicted molar refractivity (Wildman–Crippen MR) is 45.9 cm³/mol. The normalized spacial score (nSPS) is 12.0. The van der Waals surface area contributed by atoms with Crippen molar-refractivity contribution >= 4 is 12.3 Å². The number of aldehydes is 1. The largest absolute Gasteiger partial charge is 0.481 e. The fourth-order valence-electron chi connectivity index (χ4n) is 0.921. The standard InChI is InChI=1S/C9H14O3/c1-2-3-4-8(7-10)5-6-9(11)12/h2,7-8H,1,3-6H2,(H,11,12). The van der Waals surface area contributed by atoms with Crippen molar-refractivity contribution in [2.24, 2.45) is 5.92 Å². The van der Waals surface area contributed by atoms with Gasteiger partial charge in [-0.1, -0.05) is 6.08 Å². The Morgan fingerprint density at radius 1 is 1.50 bits per heavy atom. The summed E-state index contributed by atoms with van der Waals surface area (Å²) in [6.45, 7) is 3.53. The second kappa shape index (κ2) is 6.58. The molecule has 3 heteroatoms. The number of hydrogen-bond donors (Lipinski definition) is 1. The fourth-order valence-corrected chi connectivity index (χ4v) is 0.921. The molecule has 0 aromatic heterocycles. The summed E-state index contributed by atoms with van der Waals surface area (Å²) in [6.07, 6.45) is 4.54. The first-order valence-electron chi connectivity index (χ1n) is 3.98. The Morgan fingerprint density at radius 2 is 2.17 bits per heavy atom. The molecule has 0 fully saturated rings. The van der Waals surface area contributed by atoms with E-state index in [0.29, 0.717) is 12.8 Å². The highest BCUT2D eigenvalue weighted by molar-refractivity contribution is 5.67. The number of carboxylic acid groups (broad SMARTS) is 1. The Hall–Kier alpha value is -1.12. The van der Waals surface area contributed by atoms with Gasteiger partial charge in [0.05, 0.1) is 0 Å². The van der Waals surface area contributed by atoms with Crippen LogP contribution in [0.2, 0.25) is 0 Å². The smallest absolute Gasteiger partial charge is 0.303 e. The molecule has 0 aliphatic carbocycles. The molecule has 0 bridgehead atoms. The van der Waals surface area contributed by atoms with Gasteiger partial charge in [-0.05, 0) is 19.3 Å². The number of rotatable bonds is 7. The summed E-state index contributed by atoms with van der Waals surface area (Å²) in [5.41, 5.74) is 0. The molecule has 1 unspecified atom stereocenters. The van der Waals surface area contributed by atoms with Crippen LogP contribution in [0.1, 0.15) is 25.7 Å². The molecule has 0 amide bonds. The molecule has 0 aliphatic rings. The first-order chi connectivity index (χ1) is 5.70. The van der Waals surface area contributed by atoms with Crippen molar-refractivity contribution in [3.05, 3.63) is 12.7 Å². The lowest BCUT2D eigenvalue weighted by Crippen LogP contribution is -2.05. The van der Waals surface area contributed by atoms with Gasteiger partial charge in [0, 0.05) is 12.3 Å². The molecule has 0 saturated carbocycles. The molecule has 0 aliphatic heterocycles. The second-order valence-electron chi connectivity index (χ2n) is 2.69. The molecular weight excluding hydrogens is 156 g/mol. The van der Waals surface area contributed by atoms with Gasteiger partial charge in [-0.3, -0.25) is 4.79 Å². The number of carboxylic acids is 1. The minimum absolute atomic E-state index is 0.0700. The maximum absolute atomic E-state index is 10.4. The zero-order valence-electron chi connectivity index (χ0n) is 7.03. The van der Waals surface area contributed by atoms with Crippen molar-refractivity contribution in [1.82, 2.24) is 0 Å². The lowest BCUT2D eigenvalue weighted by Gasteiger charge is -2.05. The minimum atomic E-state index is -0.847. The number of hydrogen-bond acceptors (Lipinski definition) is 2. The molecule has 0 spiro atoms. The van der Waals surface area contributed by atoms with Gasteiger partial charge in [-0.15, -0.1) is 6.58 Å². The highest BCUT2D eigenvalue weighted by Crippen LogP contribution is 2.10. The van der Waals surface area contributed by atoms with E-state index in [9.17, 15) is 9.59 Å². The zero-order chi connectivity index (χ0) is 9.40. The fraction of sp³-hybridized carbons (Fsp3) is 0.556. The van der Waals surface area contributed by atoms with E-state index in [1.807, 2.05) is 0 Å². The van der Waals surface area contributed by atoms with Crippen LogP contribution in [0, 0.1) is 5.92 Å². The first kappa shape index (κ1) is 10.9. The van der Waals surface area contributed by atoms with Crippen LogP contribution in [0.3, 0.4) is 0 Å². The zero-order valence-corrected chi connectivity index (χ0v) is 7.03. The maximum Gasteiger partial charge on any atom is 0.303 e. The molecule has 0 radical (unpaired) electrons. The van der Waals surface area contributed by atoms with E-state index in [4.69, 9.17) is 5.11 Å². The number of allylic oxidation sites excluding steroid dienone is 1. The Balaban J connectivity index is 3.59. The third-order valence-electron chi connectivity index (χ3n) is 1.66. The lowest BCUT2D eigenvalue weighted by atomic mass is 9.99. The van der Waals surface area contributed by atoms with Gasteiger partial charge in [0.25, 0.3) is 0 Å². The molecule has 0 saturated heterocycles. The Kier molecular flexibility index (Phi) is 5.97. The molecule has 0 rings (SSSR count). The van der Waals surface area contributed by atoms with Crippen molar-refractivity contribution in [2.45, 2.75) is 25.7 Å². The highest BCUT2D eigenvalue weighted by Gasteiger charge is 2.08. The van der Waals surface area contributed by atoms with Crippen LogP contribution >= 0.6 is 0 Å². The van der Waals surface area contributed by atoms with Crippen molar-refractivity contribution in [3.63, 3.8) is 0 Å². The Bertz CT molecular complexity index is 163. The second-order valence-corrected chi connectivity index (χ2v) is 2.69. The summed E-state index contributed by atoms with van der Waals surface area (Å²) < 4.78 is 0. The van der Waals surface area contributed by atoms with E-state index >= 15 is 0 Å². The topological polar surface area (TPSA) is 54.4 Å². The Labute approximate surface area is 72.1 Å². The summed E-state index contributed by atoms with van der Waals surface area (Å²) in [4.78, 5) is 20.6. The van der Waals surface area contributed by atoms with Gasteiger partial charge in [-0.25, -0.2) is 0 Å².